The van der Waals surface area contributed by atoms with Crippen molar-refractivity contribution < 1.29 is 89.6 Å². The summed E-state index contributed by atoms with van der Waals surface area (Å²) in [5.74, 6) is 0.120. The van der Waals surface area contributed by atoms with Crippen molar-refractivity contribution in [1.29, 1.82) is 0 Å². The quantitative estimate of drug-likeness (QED) is 0.0305. The molecule has 0 spiro atoms. The van der Waals surface area contributed by atoms with E-state index in [1.165, 1.54) is 33.5 Å². The number of aliphatic imine (C=N–C) groups is 1. The van der Waals surface area contributed by atoms with Crippen molar-refractivity contribution in [2.75, 3.05) is 39.3 Å². The Bertz CT molecular complexity index is 2610. The van der Waals surface area contributed by atoms with Crippen LogP contribution in [0.15, 0.2) is 53.3 Å². The second kappa shape index (κ2) is 19.0. The molecule has 33 heteroatoms. The van der Waals surface area contributed by atoms with E-state index in [9.17, 15) is 48.5 Å². The number of guanidine groups is 1. The number of halogens is 1. The first-order valence-corrected chi connectivity index (χ1v) is 23.2. The minimum atomic E-state index is -6.04. The number of imidazole rings is 2. The Labute approximate surface area is 364 Å². The van der Waals surface area contributed by atoms with Gasteiger partial charge in [-0.15, -0.1) is 0 Å². The molecule has 0 bridgehead atoms. The number of aromatic amines is 1. The van der Waals surface area contributed by atoms with Gasteiger partial charge in [-0.3, -0.25) is 23.4 Å². The van der Waals surface area contributed by atoms with Crippen LogP contribution >= 0.6 is 35.1 Å². The number of phosphoric acid groups is 3. The minimum Gasteiger partial charge on any atom is -0.461 e. The van der Waals surface area contributed by atoms with Gasteiger partial charge in [0.05, 0.1) is 38.5 Å². The van der Waals surface area contributed by atoms with Crippen LogP contribution in [-0.4, -0.2) is 130 Å². The smallest absolute Gasteiger partial charge is 0.461 e. The van der Waals surface area contributed by atoms with Crippen LogP contribution in [0.3, 0.4) is 0 Å². The summed E-state index contributed by atoms with van der Waals surface area (Å²) in [6.07, 6.45) is -9.86. The lowest BCUT2D eigenvalue weighted by Gasteiger charge is -2.21. The van der Waals surface area contributed by atoms with Gasteiger partial charge >= 0.3 is 29.1 Å². The number of aromatic nitrogens is 6. The van der Waals surface area contributed by atoms with Gasteiger partial charge in [0, 0.05) is 12.1 Å². The number of nitrogen functional groups attached to an aromatic ring is 1. The molecule has 3 aliphatic rings. The molecule has 3 aliphatic heterocycles. The predicted molar refractivity (Wildman–Crippen MR) is 214 cm³/mol. The number of hydrogen-bond donors (Lipinski definition) is 10. The van der Waals surface area contributed by atoms with Gasteiger partial charge in [-0.1, -0.05) is 23.2 Å². The lowest BCUT2D eigenvalue weighted by Crippen LogP contribution is -2.47. The van der Waals surface area contributed by atoms with E-state index in [1.54, 1.807) is 24.3 Å². The summed E-state index contributed by atoms with van der Waals surface area (Å²) in [5, 5.41) is 35.7. The van der Waals surface area contributed by atoms with Crippen molar-refractivity contribution in [2.45, 2.75) is 55.8 Å². The lowest BCUT2D eigenvalue weighted by atomic mass is 10.1. The molecular formula is C31H41ClN10O19P3+. The highest BCUT2D eigenvalue weighted by atomic mass is 35.5. The highest BCUT2D eigenvalue weighted by Gasteiger charge is 2.51. The number of nitrogens with two attached hydrogens (primary N) is 2. The molecule has 5 unspecified atom stereocenters. The molecule has 2 fully saturated rings. The number of aliphatic hydroxyl groups is 3. The van der Waals surface area contributed by atoms with E-state index in [1.807, 2.05) is 0 Å². The number of aliphatic hydroxyl groups excluding tert-OH is 3. The Hall–Kier alpha value is -4.19. The highest BCUT2D eigenvalue weighted by Crippen LogP contribution is 2.68. The van der Waals surface area contributed by atoms with E-state index < -0.39 is 91.3 Å². The molecule has 0 saturated carbocycles. The largest absolute Gasteiger partial charge is 0.490 e. The van der Waals surface area contributed by atoms with Crippen LogP contribution in [0.5, 0.6) is 5.75 Å². The van der Waals surface area contributed by atoms with Crippen LogP contribution in [0.1, 0.15) is 18.1 Å². The standard InChI is InChI=1S/C31H40ClN10O19P3/c1-14-19-25(37-30(33)36-14)41(11-35-19)28-23(45)21(43)17(58-28)9-56-62(47,48)60-64(51,52)61-63(49,50)57-10-18-22(44)24(54-8-7-53-2)29(59-18)42-12-40(13-55-16-5-3-15(32)4-6-16)20-26(42)38-31(34)39-27(20)46/h3-6,11-12,17-18,21-24,28-29,43-45H,1,7-10,13H2,2H3,(H8-,33,34,36,37,38,39,46,47,48,49,50,51,52)/p+1/t17?,18-,21-,22-,23-,24-,28-,29?/m1/s1. The second-order valence-electron chi connectivity index (χ2n) is 13.9. The summed E-state index contributed by atoms with van der Waals surface area (Å²) in [6.45, 7) is 1.31. The van der Waals surface area contributed by atoms with Gasteiger partial charge < -0.3 is 70.5 Å². The van der Waals surface area contributed by atoms with Crippen LogP contribution in [0.25, 0.3) is 16.9 Å². The van der Waals surface area contributed by atoms with Crippen molar-refractivity contribution in [1.82, 2.24) is 29.4 Å². The molecule has 7 rings (SSSR count). The minimum absolute atomic E-state index is 0.0391. The topological polar surface area (TPSA) is 404 Å². The Morgan fingerprint density at radius 1 is 0.953 bits per heavy atom. The molecule has 0 radical (unpaired) electrons. The average molecular weight is 986 g/mol. The lowest BCUT2D eigenvalue weighted by molar-refractivity contribution is -0.746. The van der Waals surface area contributed by atoms with Gasteiger partial charge in [0.1, 0.15) is 48.1 Å². The van der Waals surface area contributed by atoms with Gasteiger partial charge in [0.2, 0.25) is 18.5 Å². The fourth-order valence-corrected chi connectivity index (χ4v) is 10.3. The molecule has 2 saturated heterocycles. The maximum atomic E-state index is 13.1. The molecule has 1 aromatic carbocycles. The Kier molecular flexibility index (Phi) is 14.2. The third kappa shape index (κ3) is 10.6. The number of ether oxygens (including phenoxy) is 5. The second-order valence-corrected chi connectivity index (χ2v) is 18.9. The average Bonchev–Trinajstić information content (AvgIpc) is 3.95. The Morgan fingerprint density at radius 3 is 2.27 bits per heavy atom. The van der Waals surface area contributed by atoms with E-state index in [4.69, 9.17) is 55.8 Å². The molecule has 12 N–H and O–H groups in total. The Balaban J connectivity index is 0.995. The number of nitrogens with zero attached hydrogens (tertiary/aromatic N) is 6. The molecule has 350 valence electrons. The van der Waals surface area contributed by atoms with Crippen LogP contribution in [0, 0.1) is 0 Å². The van der Waals surface area contributed by atoms with Gasteiger partial charge in [-0.05, 0) is 24.3 Å². The third-order valence-electron chi connectivity index (χ3n) is 9.45. The molecule has 6 heterocycles. The molecule has 0 aliphatic carbocycles. The number of rotatable bonds is 19. The zero-order valence-corrected chi connectivity index (χ0v) is 36.3. The first-order valence-electron chi connectivity index (χ1n) is 18.4. The molecule has 3 aromatic heterocycles. The summed E-state index contributed by atoms with van der Waals surface area (Å²) in [7, 11) is -16.1. The van der Waals surface area contributed by atoms with Crippen molar-refractivity contribution in [3.8, 4) is 5.75 Å². The number of benzene rings is 1. The van der Waals surface area contributed by atoms with E-state index in [0.717, 1.165) is 0 Å². The van der Waals surface area contributed by atoms with Gasteiger partial charge in [0.25, 0.3) is 11.5 Å². The van der Waals surface area contributed by atoms with Crippen LogP contribution < -0.4 is 31.6 Å². The number of H-pyrrole nitrogens is 1. The molecule has 4 aromatic rings. The van der Waals surface area contributed by atoms with Crippen molar-refractivity contribution in [3.05, 3.63) is 64.6 Å². The molecule has 29 nitrogen and oxygen atoms in total. The number of fused-ring (bicyclic) bond motifs is 2. The highest BCUT2D eigenvalue weighted by molar-refractivity contribution is 7.66. The fourth-order valence-electron chi connectivity index (χ4n) is 6.64. The van der Waals surface area contributed by atoms with Crippen LogP contribution in [0.2, 0.25) is 5.02 Å². The summed E-state index contributed by atoms with van der Waals surface area (Å²) in [4.78, 5) is 58.7. The molecular weight excluding hydrogens is 945 g/mol. The molecule has 0 amide bonds. The van der Waals surface area contributed by atoms with E-state index in [0.29, 0.717) is 10.8 Å². The number of nitrogens with one attached hydrogen (secondary N) is 2. The van der Waals surface area contributed by atoms with E-state index >= 15 is 0 Å². The van der Waals surface area contributed by atoms with Crippen LogP contribution in [0.4, 0.5) is 11.8 Å². The summed E-state index contributed by atoms with van der Waals surface area (Å²) >= 11 is 5.96. The first-order chi connectivity index (χ1) is 30.2. The first kappa shape index (κ1) is 47.8. The SMILES string of the molecule is C=C1NC(N)=Nc2c1ncn2[C@@H]1OC(COP(=O)(O)OP(=O)(O)OP(=O)(O)OC[C@H]2OC([n+]3cn(COc4ccc(Cl)cc4)c4c(=O)[nH]c(N)nc43)[C@H](OCCOC)[C@@H]2O)[C@@H](O)[C@H]1O. The number of anilines is 1. The van der Waals surface area contributed by atoms with Crippen molar-refractivity contribution in [3.63, 3.8) is 0 Å². The number of phosphoric ester groups is 2. The normalized spacial score (nSPS) is 27.4. The zero-order chi connectivity index (χ0) is 46.3. The van der Waals surface area contributed by atoms with Gasteiger partial charge in [-0.2, -0.15) is 13.6 Å². The summed E-state index contributed by atoms with van der Waals surface area (Å²) in [6, 6.07) is 6.35. The molecule has 11 atom stereocenters. The zero-order valence-electron chi connectivity index (χ0n) is 32.9. The van der Waals surface area contributed by atoms with Gasteiger partial charge in [0.15, 0.2) is 24.3 Å². The van der Waals surface area contributed by atoms with E-state index in [2.05, 4.69) is 40.5 Å². The molecule has 64 heavy (non-hydrogen) atoms. The van der Waals surface area contributed by atoms with E-state index in [-0.39, 0.29) is 60.2 Å². The summed E-state index contributed by atoms with van der Waals surface area (Å²) in [5.41, 5.74) is 11.3. The van der Waals surface area contributed by atoms with Crippen LogP contribution in [-0.2, 0) is 57.0 Å². The fraction of sp³-hybridized carbons (Fsp3) is 0.452. The summed E-state index contributed by atoms with van der Waals surface area (Å²) < 4.78 is 88.3. The maximum Gasteiger partial charge on any atom is 0.490 e. The monoisotopic (exact) mass is 985 g/mol. The maximum absolute atomic E-state index is 13.1. The number of methoxy groups -OCH3 is 1. The van der Waals surface area contributed by atoms with Crippen molar-refractivity contribution in [2.24, 2.45) is 10.7 Å². The van der Waals surface area contributed by atoms with Gasteiger partial charge in [-0.25, -0.2) is 27.8 Å². The van der Waals surface area contributed by atoms with Crippen molar-refractivity contribution >= 4 is 69.7 Å². The predicted octanol–water partition coefficient (Wildman–Crippen LogP) is -1.02. The third-order valence-corrected chi connectivity index (χ3v) is 14.0. The Morgan fingerprint density at radius 2 is 1.61 bits per heavy atom. The number of hydrogen-bond acceptors (Lipinski definition) is 22.